The minimum Gasteiger partial charge on any atom is -0.479 e. The molecular weight excluding hydrogens is 412 g/mol. The van der Waals surface area contributed by atoms with E-state index in [2.05, 4.69) is 26.2 Å². The van der Waals surface area contributed by atoms with Crippen LogP contribution >= 0.6 is 15.9 Å². The van der Waals surface area contributed by atoms with E-state index in [4.69, 9.17) is 4.74 Å². The van der Waals surface area contributed by atoms with Gasteiger partial charge in [0.05, 0.1) is 5.56 Å². The molecule has 0 aliphatic carbocycles. The Labute approximate surface area is 166 Å². The third-order valence-corrected chi connectivity index (χ3v) is 3.90. The lowest BCUT2D eigenvalue weighted by Crippen LogP contribution is -2.39. The van der Waals surface area contributed by atoms with Gasteiger partial charge < -0.3 is 15.2 Å². The van der Waals surface area contributed by atoms with Gasteiger partial charge in [0.1, 0.15) is 11.8 Å². The molecule has 0 spiro atoms. The van der Waals surface area contributed by atoms with Gasteiger partial charge in [-0.2, -0.15) is 0 Å². The number of carboxylic acid groups (broad SMARTS) is 1. The van der Waals surface area contributed by atoms with Crippen LogP contribution < -0.4 is 10.1 Å². The molecule has 1 heterocycles. The highest BCUT2D eigenvalue weighted by molar-refractivity contribution is 9.10. The van der Waals surface area contributed by atoms with Gasteiger partial charge in [-0.15, -0.1) is 0 Å². The molecule has 1 amide bonds. The Kier molecular flexibility index (Phi) is 6.74. The summed E-state index contributed by atoms with van der Waals surface area (Å²) in [5, 5.41) is 11.8. The maximum atomic E-state index is 12.3. The monoisotopic (exact) mass is 432 g/mol. The van der Waals surface area contributed by atoms with E-state index < -0.39 is 17.9 Å². The molecule has 0 saturated heterocycles. The van der Waals surface area contributed by atoms with Crippen molar-refractivity contribution in [2.45, 2.75) is 26.8 Å². The Hall–Kier alpha value is -2.67. The molecule has 1 aromatic carbocycles. The van der Waals surface area contributed by atoms with Gasteiger partial charge in [0.2, 0.25) is 5.88 Å². The van der Waals surface area contributed by atoms with Crippen molar-refractivity contribution >= 4 is 27.8 Å². The topological polar surface area (TPSA) is 88.5 Å². The normalized spacial score (nSPS) is 12.6. The maximum Gasteiger partial charge on any atom is 0.330 e. The summed E-state index contributed by atoms with van der Waals surface area (Å²) >= 11 is 3.35. The number of benzene rings is 1. The van der Waals surface area contributed by atoms with Crippen molar-refractivity contribution in [3.05, 3.63) is 64.8 Å². The largest absolute Gasteiger partial charge is 0.479 e. The molecule has 27 heavy (non-hydrogen) atoms. The summed E-state index contributed by atoms with van der Waals surface area (Å²) in [4.78, 5) is 27.8. The summed E-state index contributed by atoms with van der Waals surface area (Å²) in [5.41, 5.74) is 0.0555. The van der Waals surface area contributed by atoms with Crippen molar-refractivity contribution in [3.63, 3.8) is 0 Å². The number of halogens is 1. The van der Waals surface area contributed by atoms with Gasteiger partial charge in [-0.3, -0.25) is 4.79 Å². The fraction of sp³-hybridized carbons (Fsp3) is 0.250. The van der Waals surface area contributed by atoms with Gasteiger partial charge in [0.15, 0.2) is 0 Å². The first-order valence-corrected chi connectivity index (χ1v) is 9.06. The van der Waals surface area contributed by atoms with Crippen molar-refractivity contribution in [1.29, 1.82) is 0 Å². The van der Waals surface area contributed by atoms with Crippen molar-refractivity contribution in [3.8, 4) is 11.6 Å². The van der Waals surface area contributed by atoms with E-state index in [1.807, 2.05) is 32.9 Å². The minimum atomic E-state index is -1.13. The lowest BCUT2D eigenvalue weighted by Gasteiger charge is -2.15. The van der Waals surface area contributed by atoms with Crippen molar-refractivity contribution < 1.29 is 19.4 Å². The second kappa shape index (κ2) is 8.81. The second-order valence-electron chi connectivity index (χ2n) is 6.96. The smallest absolute Gasteiger partial charge is 0.330 e. The number of hydrogen-bond donors (Lipinski definition) is 2. The SMILES string of the molecule is CC(C)(C)/C=C/C(NC(=O)c1ccc(Oc2ccc(Br)cc2)nc1)C(=O)O. The average molecular weight is 433 g/mol. The lowest BCUT2D eigenvalue weighted by atomic mass is 9.95. The Morgan fingerprint density at radius 1 is 1.19 bits per heavy atom. The van der Waals surface area contributed by atoms with Gasteiger partial charge >= 0.3 is 5.97 Å². The number of nitrogens with one attached hydrogen (secondary N) is 1. The number of rotatable bonds is 6. The van der Waals surface area contributed by atoms with Gasteiger partial charge in [-0.1, -0.05) is 48.9 Å². The molecule has 0 radical (unpaired) electrons. The number of pyridine rings is 1. The van der Waals surface area contributed by atoms with Crippen LogP contribution in [0.3, 0.4) is 0 Å². The van der Waals surface area contributed by atoms with Crippen LogP contribution in [0.5, 0.6) is 11.6 Å². The molecule has 2 aromatic rings. The summed E-state index contributed by atoms with van der Waals surface area (Å²) in [7, 11) is 0. The fourth-order valence-electron chi connectivity index (χ4n) is 2.00. The number of amides is 1. The molecule has 1 aromatic heterocycles. The zero-order chi connectivity index (χ0) is 20.0. The predicted molar refractivity (Wildman–Crippen MR) is 106 cm³/mol. The molecule has 6 nitrogen and oxygen atoms in total. The maximum absolute atomic E-state index is 12.3. The summed E-state index contributed by atoms with van der Waals surface area (Å²) in [5.74, 6) is -0.715. The molecule has 1 unspecified atom stereocenters. The van der Waals surface area contributed by atoms with Crippen LogP contribution in [-0.2, 0) is 4.79 Å². The number of carboxylic acids is 1. The number of nitrogens with zero attached hydrogens (tertiary/aromatic N) is 1. The summed E-state index contributed by atoms with van der Waals surface area (Å²) < 4.78 is 6.53. The molecule has 2 N–H and O–H groups in total. The zero-order valence-corrected chi connectivity index (χ0v) is 16.9. The Bertz CT molecular complexity index is 825. The average Bonchev–Trinajstić information content (AvgIpc) is 2.60. The first-order valence-electron chi connectivity index (χ1n) is 8.26. The molecule has 7 heteroatoms. The molecule has 0 bridgehead atoms. The molecule has 1 atom stereocenters. The molecule has 142 valence electrons. The van der Waals surface area contributed by atoms with E-state index in [0.29, 0.717) is 11.6 Å². The third kappa shape index (κ3) is 6.86. The third-order valence-electron chi connectivity index (χ3n) is 3.38. The van der Waals surface area contributed by atoms with Crippen LogP contribution in [0, 0.1) is 5.41 Å². The van der Waals surface area contributed by atoms with Crippen LogP contribution in [-0.4, -0.2) is 28.0 Å². The van der Waals surface area contributed by atoms with E-state index in [1.54, 1.807) is 24.3 Å². The number of allylic oxidation sites excluding steroid dienone is 1. The molecule has 2 rings (SSSR count). The van der Waals surface area contributed by atoms with E-state index in [9.17, 15) is 14.7 Å². The van der Waals surface area contributed by atoms with Crippen LogP contribution in [0.1, 0.15) is 31.1 Å². The highest BCUT2D eigenvalue weighted by Gasteiger charge is 2.19. The molecule has 0 aliphatic heterocycles. The summed E-state index contributed by atoms with van der Waals surface area (Å²) in [6.07, 6.45) is 4.56. The van der Waals surface area contributed by atoms with E-state index in [0.717, 1.165) is 4.47 Å². The van der Waals surface area contributed by atoms with Crippen LogP contribution in [0.25, 0.3) is 0 Å². The van der Waals surface area contributed by atoms with Crippen LogP contribution in [0.2, 0.25) is 0 Å². The number of carbonyl (C=O) groups is 2. The van der Waals surface area contributed by atoms with Gasteiger partial charge in [0.25, 0.3) is 5.91 Å². The number of aromatic nitrogens is 1. The Morgan fingerprint density at radius 3 is 2.37 bits per heavy atom. The number of carbonyl (C=O) groups excluding carboxylic acids is 1. The predicted octanol–water partition coefficient (Wildman–Crippen LogP) is 4.42. The van der Waals surface area contributed by atoms with Crippen LogP contribution in [0.15, 0.2) is 59.2 Å². The lowest BCUT2D eigenvalue weighted by molar-refractivity contribution is -0.137. The van der Waals surface area contributed by atoms with Crippen molar-refractivity contribution in [2.75, 3.05) is 0 Å². The molecule has 0 fully saturated rings. The first kappa shape index (κ1) is 20.6. The summed E-state index contributed by atoms with van der Waals surface area (Å²) in [6.45, 7) is 5.83. The quantitative estimate of drug-likeness (QED) is 0.659. The molecular formula is C20H21BrN2O4. The standard InChI is InChI=1S/C20H21BrN2O4/c1-20(2,3)11-10-16(19(25)26)23-18(24)13-4-9-17(22-12-13)27-15-7-5-14(21)6-8-15/h4-12,16H,1-3H3,(H,23,24)(H,25,26)/b11-10+. The fourth-order valence-corrected chi connectivity index (χ4v) is 2.26. The second-order valence-corrected chi connectivity index (χ2v) is 7.87. The minimum absolute atomic E-state index is 0.188. The summed E-state index contributed by atoms with van der Waals surface area (Å²) in [6, 6.07) is 9.22. The van der Waals surface area contributed by atoms with Gasteiger partial charge in [0, 0.05) is 16.7 Å². The number of hydrogen-bond acceptors (Lipinski definition) is 4. The number of ether oxygens (including phenoxy) is 1. The van der Waals surface area contributed by atoms with E-state index in [-0.39, 0.29) is 11.0 Å². The zero-order valence-electron chi connectivity index (χ0n) is 15.3. The van der Waals surface area contributed by atoms with E-state index in [1.165, 1.54) is 18.3 Å². The highest BCUT2D eigenvalue weighted by Crippen LogP contribution is 2.21. The van der Waals surface area contributed by atoms with Gasteiger partial charge in [-0.05, 0) is 35.7 Å². The van der Waals surface area contributed by atoms with Crippen molar-refractivity contribution in [2.24, 2.45) is 5.41 Å². The van der Waals surface area contributed by atoms with Gasteiger partial charge in [-0.25, -0.2) is 9.78 Å². The first-order chi connectivity index (χ1) is 12.6. The molecule has 0 saturated carbocycles. The highest BCUT2D eigenvalue weighted by atomic mass is 79.9. The van der Waals surface area contributed by atoms with Crippen LogP contribution in [0.4, 0.5) is 0 Å². The number of aliphatic carboxylic acids is 1. The molecule has 0 aliphatic rings. The van der Waals surface area contributed by atoms with Crippen molar-refractivity contribution in [1.82, 2.24) is 10.3 Å². The Balaban J connectivity index is 2.04. The van der Waals surface area contributed by atoms with E-state index >= 15 is 0 Å². The Morgan fingerprint density at radius 2 is 1.85 bits per heavy atom.